The molecule has 1 aliphatic heterocycles. The molecule has 1 amide bonds. The van der Waals surface area contributed by atoms with Gasteiger partial charge in [0.1, 0.15) is 11.9 Å². The van der Waals surface area contributed by atoms with Gasteiger partial charge in [0.2, 0.25) is 5.91 Å². The fourth-order valence-corrected chi connectivity index (χ4v) is 6.93. The molecule has 1 aromatic heterocycles. The fourth-order valence-electron chi connectivity index (χ4n) is 5.73. The summed E-state index contributed by atoms with van der Waals surface area (Å²) in [7, 11) is 0. The van der Waals surface area contributed by atoms with Gasteiger partial charge in [-0.2, -0.15) is 0 Å². The molecule has 3 atom stereocenters. The van der Waals surface area contributed by atoms with Crippen LogP contribution >= 0.6 is 22.9 Å². The third kappa shape index (κ3) is 6.56. The summed E-state index contributed by atoms with van der Waals surface area (Å²) in [5.41, 5.74) is 2.48. The molecular formula is C28H32ClFN4O3S. The van der Waals surface area contributed by atoms with Gasteiger partial charge in [0, 0.05) is 29.2 Å². The second-order valence-electron chi connectivity index (χ2n) is 10.4. The summed E-state index contributed by atoms with van der Waals surface area (Å²) in [6.45, 7) is 0.572. The Hall–Kier alpha value is -2.91. The van der Waals surface area contributed by atoms with E-state index in [1.54, 1.807) is 12.1 Å². The van der Waals surface area contributed by atoms with Crippen molar-refractivity contribution < 1.29 is 19.1 Å². The molecule has 1 aliphatic carbocycles. The molecule has 10 heteroatoms. The Kier molecular flexibility index (Phi) is 8.33. The number of hydrogen-bond donors (Lipinski definition) is 4. The van der Waals surface area contributed by atoms with Crippen LogP contribution in [0, 0.1) is 11.7 Å². The number of carboxylic acids is 1. The Morgan fingerprint density at radius 3 is 2.76 bits per heavy atom. The number of carbonyl (C=O) groups is 2. The van der Waals surface area contributed by atoms with Gasteiger partial charge in [0.05, 0.1) is 16.6 Å². The van der Waals surface area contributed by atoms with E-state index in [1.165, 1.54) is 29.9 Å². The number of nitrogens with zero attached hydrogens (tertiary/aromatic N) is 1. The minimum absolute atomic E-state index is 0.0934. The number of thiazole rings is 1. The highest BCUT2D eigenvalue weighted by Gasteiger charge is 2.31. The maximum atomic E-state index is 13.9. The van der Waals surface area contributed by atoms with Crippen LogP contribution < -0.4 is 16.0 Å². The van der Waals surface area contributed by atoms with Gasteiger partial charge in [-0.25, -0.2) is 9.37 Å². The average molecular weight is 559 g/mol. The molecule has 0 saturated heterocycles. The first-order valence-electron chi connectivity index (χ1n) is 13.2. The normalized spacial score (nSPS) is 18.9. The predicted molar refractivity (Wildman–Crippen MR) is 150 cm³/mol. The maximum Gasteiger partial charge on any atom is 0.305 e. The number of benzene rings is 2. The van der Waals surface area contributed by atoms with E-state index in [0.717, 1.165) is 47.2 Å². The fraction of sp³-hybridized carbons (Fsp3) is 0.464. The number of aromatic nitrogens is 1. The largest absolute Gasteiger partial charge is 0.481 e. The molecule has 3 aromatic rings. The predicted octanol–water partition coefficient (Wildman–Crippen LogP) is 6.40. The molecule has 1 unspecified atom stereocenters. The van der Waals surface area contributed by atoms with Crippen LogP contribution in [0.4, 0.5) is 15.2 Å². The van der Waals surface area contributed by atoms with Gasteiger partial charge in [-0.1, -0.05) is 55.0 Å². The molecule has 7 nitrogen and oxygen atoms in total. The van der Waals surface area contributed by atoms with Gasteiger partial charge in [0.15, 0.2) is 5.13 Å². The number of carboxylic acid groups (broad SMARTS) is 1. The van der Waals surface area contributed by atoms with Gasteiger partial charge >= 0.3 is 5.97 Å². The SMILES string of the molecule is O=C(O)C[C@H](CC1CNc2ccc(F)cc21)NC(=O)[C@H](CC1CCCCC1)Nc1nc2ccc(Cl)cc2s1. The van der Waals surface area contributed by atoms with Gasteiger partial charge in [0.25, 0.3) is 0 Å². The van der Waals surface area contributed by atoms with E-state index in [4.69, 9.17) is 11.6 Å². The summed E-state index contributed by atoms with van der Waals surface area (Å²) in [5, 5.41) is 20.5. The molecular weight excluding hydrogens is 527 g/mol. The lowest BCUT2D eigenvalue weighted by Crippen LogP contribution is -2.46. The molecule has 0 bridgehead atoms. The average Bonchev–Trinajstić information content (AvgIpc) is 3.46. The number of amides is 1. The van der Waals surface area contributed by atoms with Crippen LogP contribution in [0.15, 0.2) is 36.4 Å². The summed E-state index contributed by atoms with van der Waals surface area (Å²) < 4.78 is 14.8. The first kappa shape index (κ1) is 26.7. The van der Waals surface area contributed by atoms with Crippen molar-refractivity contribution in [1.82, 2.24) is 10.3 Å². The van der Waals surface area contributed by atoms with Crippen molar-refractivity contribution in [3.63, 3.8) is 0 Å². The second kappa shape index (κ2) is 11.9. The van der Waals surface area contributed by atoms with Crippen LogP contribution in [0.25, 0.3) is 10.2 Å². The van der Waals surface area contributed by atoms with Crippen LogP contribution in [-0.4, -0.2) is 40.6 Å². The monoisotopic (exact) mass is 558 g/mol. The summed E-state index contributed by atoms with van der Waals surface area (Å²) in [6.07, 6.45) is 6.54. The van der Waals surface area contributed by atoms with Crippen LogP contribution in [0.5, 0.6) is 0 Å². The minimum Gasteiger partial charge on any atom is -0.481 e. The molecule has 1 fully saturated rings. The molecule has 0 spiro atoms. The van der Waals surface area contributed by atoms with Crippen molar-refractivity contribution >= 4 is 55.8 Å². The molecule has 202 valence electrons. The molecule has 1 saturated carbocycles. The zero-order valence-corrected chi connectivity index (χ0v) is 22.6. The highest BCUT2D eigenvalue weighted by atomic mass is 35.5. The van der Waals surface area contributed by atoms with E-state index in [9.17, 15) is 19.1 Å². The number of fused-ring (bicyclic) bond motifs is 2. The Bertz CT molecular complexity index is 1310. The standard InChI is InChI=1S/C28H32ClFN4O3S/c29-18-6-8-23-25(12-18)38-28(33-23)34-24(10-16-4-2-1-3-5-16)27(37)32-20(14-26(35)36)11-17-15-31-22-9-7-19(30)13-21(17)22/h6-9,12-13,16-17,20,24,31H,1-5,10-11,14-15H2,(H,32,37)(H,33,34)(H,35,36)/t17?,20-,24-/m0/s1. The van der Waals surface area contributed by atoms with Crippen LogP contribution in [0.1, 0.15) is 62.8 Å². The summed E-state index contributed by atoms with van der Waals surface area (Å²) in [4.78, 5) is 30.0. The number of anilines is 2. The zero-order chi connectivity index (χ0) is 26.6. The van der Waals surface area contributed by atoms with Crippen molar-refractivity contribution in [3.05, 3.63) is 52.8 Å². The van der Waals surface area contributed by atoms with Gasteiger partial charge in [-0.15, -0.1) is 0 Å². The molecule has 0 radical (unpaired) electrons. The Morgan fingerprint density at radius 1 is 1.16 bits per heavy atom. The highest BCUT2D eigenvalue weighted by Crippen LogP contribution is 2.36. The third-order valence-electron chi connectivity index (χ3n) is 7.59. The highest BCUT2D eigenvalue weighted by molar-refractivity contribution is 7.22. The number of halogens is 2. The summed E-state index contributed by atoms with van der Waals surface area (Å²) in [5.74, 6) is -1.22. The van der Waals surface area contributed by atoms with E-state index in [2.05, 4.69) is 20.9 Å². The minimum atomic E-state index is -0.986. The number of carbonyl (C=O) groups excluding carboxylic acids is 1. The Morgan fingerprint density at radius 2 is 1.97 bits per heavy atom. The number of nitrogens with one attached hydrogen (secondary N) is 3. The first-order chi connectivity index (χ1) is 18.3. The summed E-state index contributed by atoms with van der Waals surface area (Å²) in [6, 6.07) is 8.96. The molecule has 2 aliphatic rings. The third-order valence-corrected chi connectivity index (χ3v) is 8.77. The van der Waals surface area contributed by atoms with Crippen LogP contribution in [-0.2, 0) is 9.59 Å². The van der Waals surface area contributed by atoms with Crippen LogP contribution in [0.3, 0.4) is 0 Å². The van der Waals surface area contributed by atoms with Crippen LogP contribution in [0.2, 0.25) is 5.02 Å². The Balaban J connectivity index is 1.33. The molecule has 5 rings (SSSR count). The van der Waals surface area contributed by atoms with Gasteiger partial charge < -0.3 is 21.1 Å². The summed E-state index contributed by atoms with van der Waals surface area (Å²) >= 11 is 7.59. The van der Waals surface area contributed by atoms with Crippen molar-refractivity contribution in [2.45, 2.75) is 69.4 Å². The molecule has 2 aromatic carbocycles. The number of hydrogen-bond acceptors (Lipinski definition) is 6. The van der Waals surface area contributed by atoms with E-state index in [1.807, 2.05) is 12.1 Å². The lowest BCUT2D eigenvalue weighted by molar-refractivity contribution is -0.137. The number of rotatable bonds is 10. The van der Waals surface area contributed by atoms with Crippen molar-refractivity contribution in [3.8, 4) is 0 Å². The van der Waals surface area contributed by atoms with E-state index >= 15 is 0 Å². The van der Waals surface area contributed by atoms with E-state index < -0.39 is 18.1 Å². The lowest BCUT2D eigenvalue weighted by Gasteiger charge is -2.28. The first-order valence-corrected chi connectivity index (χ1v) is 14.4. The topological polar surface area (TPSA) is 103 Å². The molecule has 2 heterocycles. The van der Waals surface area contributed by atoms with Crippen molar-refractivity contribution in [2.75, 3.05) is 17.2 Å². The van der Waals surface area contributed by atoms with Gasteiger partial charge in [-0.3, -0.25) is 9.59 Å². The van der Waals surface area contributed by atoms with E-state index in [-0.39, 0.29) is 24.1 Å². The quantitative estimate of drug-likeness (QED) is 0.230. The zero-order valence-electron chi connectivity index (χ0n) is 21.0. The maximum absolute atomic E-state index is 13.9. The Labute approximate surface area is 230 Å². The van der Waals surface area contributed by atoms with Crippen molar-refractivity contribution in [2.24, 2.45) is 5.92 Å². The molecule has 38 heavy (non-hydrogen) atoms. The smallest absolute Gasteiger partial charge is 0.305 e. The second-order valence-corrected chi connectivity index (χ2v) is 11.9. The number of aliphatic carboxylic acids is 1. The van der Waals surface area contributed by atoms with Gasteiger partial charge in [-0.05, 0) is 60.7 Å². The van der Waals surface area contributed by atoms with E-state index in [0.29, 0.717) is 35.5 Å². The van der Waals surface area contributed by atoms with Crippen molar-refractivity contribution in [1.29, 1.82) is 0 Å². The lowest BCUT2D eigenvalue weighted by atomic mass is 9.84. The molecule has 4 N–H and O–H groups in total.